The first-order valence-corrected chi connectivity index (χ1v) is 9.17. The van der Waals surface area contributed by atoms with Crippen LogP contribution in [-0.4, -0.2) is 34.4 Å². The molecule has 0 saturated carbocycles. The van der Waals surface area contributed by atoms with Crippen LogP contribution in [0.15, 0.2) is 41.8 Å². The molecule has 4 rings (SSSR count). The van der Waals surface area contributed by atoms with Crippen LogP contribution in [0, 0.1) is 0 Å². The summed E-state index contributed by atoms with van der Waals surface area (Å²) in [7, 11) is 1.87. The normalized spacial score (nSPS) is 13.7. The lowest BCUT2D eigenvalue weighted by atomic mass is 10.00. The summed E-state index contributed by atoms with van der Waals surface area (Å²) in [5, 5.41) is 4.77. The first-order chi connectivity index (χ1) is 12.1. The van der Waals surface area contributed by atoms with E-state index in [-0.39, 0.29) is 18.4 Å². The van der Waals surface area contributed by atoms with Gasteiger partial charge in [-0.05, 0) is 35.1 Å². The van der Waals surface area contributed by atoms with Crippen LogP contribution < -0.4 is 5.32 Å². The maximum Gasteiger partial charge on any atom is 0.268 e. The van der Waals surface area contributed by atoms with Crippen LogP contribution in [-0.2, 0) is 24.8 Å². The highest BCUT2D eigenvalue weighted by molar-refractivity contribution is 7.17. The summed E-state index contributed by atoms with van der Waals surface area (Å²) in [6.45, 7) is 1.34. The number of fused-ring (bicyclic) bond motifs is 2. The highest BCUT2D eigenvalue weighted by atomic mass is 32.1. The molecule has 2 amide bonds. The number of hydrogen-bond acceptors (Lipinski definition) is 3. The van der Waals surface area contributed by atoms with Crippen molar-refractivity contribution in [2.75, 3.05) is 13.1 Å². The lowest BCUT2D eigenvalue weighted by Crippen LogP contribution is -2.42. The van der Waals surface area contributed by atoms with Gasteiger partial charge in [0, 0.05) is 20.1 Å². The third-order valence-electron chi connectivity index (χ3n) is 4.78. The topological polar surface area (TPSA) is 54.3 Å². The molecule has 0 saturated heterocycles. The van der Waals surface area contributed by atoms with Gasteiger partial charge in [0.05, 0.1) is 16.8 Å². The van der Waals surface area contributed by atoms with Crippen LogP contribution in [0.5, 0.6) is 0 Å². The summed E-state index contributed by atoms with van der Waals surface area (Å²) < 4.78 is 2.94. The predicted molar refractivity (Wildman–Crippen MR) is 98.7 cm³/mol. The fraction of sp³-hybridized carbons (Fsp3) is 0.263. The van der Waals surface area contributed by atoms with E-state index in [1.807, 2.05) is 46.2 Å². The van der Waals surface area contributed by atoms with E-state index in [0.29, 0.717) is 18.8 Å². The minimum atomic E-state index is -0.211. The van der Waals surface area contributed by atoms with Crippen LogP contribution in [0.25, 0.3) is 10.2 Å². The van der Waals surface area contributed by atoms with Gasteiger partial charge in [-0.1, -0.05) is 24.3 Å². The number of carbonyl (C=O) groups is 2. The largest absolute Gasteiger partial charge is 0.342 e. The molecule has 0 unspecified atom stereocenters. The number of hydrogen-bond donors (Lipinski definition) is 1. The van der Waals surface area contributed by atoms with Crippen molar-refractivity contribution in [3.05, 3.63) is 58.6 Å². The molecule has 6 heteroatoms. The third-order valence-corrected chi connectivity index (χ3v) is 5.63. The molecule has 0 atom stereocenters. The quantitative estimate of drug-likeness (QED) is 0.787. The van der Waals surface area contributed by atoms with Crippen molar-refractivity contribution in [2.24, 2.45) is 7.05 Å². The minimum absolute atomic E-state index is 0.0276. The molecule has 2 aromatic heterocycles. The number of rotatable bonds is 3. The highest BCUT2D eigenvalue weighted by Gasteiger charge is 2.21. The Bertz CT molecular complexity index is 957. The number of amides is 2. The van der Waals surface area contributed by atoms with Crippen molar-refractivity contribution in [3.63, 3.8) is 0 Å². The van der Waals surface area contributed by atoms with Gasteiger partial charge in [0.25, 0.3) is 5.91 Å². The first kappa shape index (κ1) is 15.9. The molecule has 1 N–H and O–H groups in total. The third kappa shape index (κ3) is 2.93. The van der Waals surface area contributed by atoms with Gasteiger partial charge in [0.1, 0.15) is 5.69 Å². The van der Waals surface area contributed by atoms with Gasteiger partial charge in [-0.2, -0.15) is 0 Å². The van der Waals surface area contributed by atoms with E-state index < -0.39 is 0 Å². The van der Waals surface area contributed by atoms with E-state index >= 15 is 0 Å². The number of carbonyl (C=O) groups excluding carboxylic acids is 2. The molecule has 3 aromatic rings. The van der Waals surface area contributed by atoms with Gasteiger partial charge in [0.15, 0.2) is 0 Å². The van der Waals surface area contributed by atoms with Gasteiger partial charge in [0.2, 0.25) is 5.91 Å². The van der Waals surface area contributed by atoms with Gasteiger partial charge in [-0.15, -0.1) is 11.3 Å². The van der Waals surface area contributed by atoms with E-state index in [2.05, 4.69) is 17.4 Å². The number of benzene rings is 1. The number of thiophene rings is 1. The van der Waals surface area contributed by atoms with E-state index in [0.717, 1.165) is 16.6 Å². The van der Waals surface area contributed by atoms with E-state index in [1.54, 1.807) is 11.3 Å². The molecule has 1 aromatic carbocycles. The fourth-order valence-corrected chi connectivity index (χ4v) is 4.18. The zero-order valence-corrected chi connectivity index (χ0v) is 14.8. The molecule has 128 valence electrons. The van der Waals surface area contributed by atoms with Crippen LogP contribution in [0.1, 0.15) is 21.6 Å². The Morgan fingerprint density at radius 3 is 2.80 bits per heavy atom. The first-order valence-electron chi connectivity index (χ1n) is 8.29. The Morgan fingerprint density at radius 1 is 1.20 bits per heavy atom. The summed E-state index contributed by atoms with van der Waals surface area (Å²) in [5.41, 5.74) is 4.11. The summed E-state index contributed by atoms with van der Waals surface area (Å²) in [6, 6.07) is 12.1. The van der Waals surface area contributed by atoms with Gasteiger partial charge >= 0.3 is 0 Å². The second-order valence-electron chi connectivity index (χ2n) is 6.28. The van der Waals surface area contributed by atoms with E-state index in [4.69, 9.17) is 0 Å². The Kier molecular flexibility index (Phi) is 4.05. The van der Waals surface area contributed by atoms with Crippen molar-refractivity contribution < 1.29 is 9.59 Å². The number of aryl methyl sites for hydroxylation is 1. The van der Waals surface area contributed by atoms with Gasteiger partial charge < -0.3 is 14.8 Å². The van der Waals surface area contributed by atoms with Gasteiger partial charge in [-0.3, -0.25) is 9.59 Å². The Hall–Kier alpha value is -2.60. The van der Waals surface area contributed by atoms with Crippen molar-refractivity contribution in [3.8, 4) is 0 Å². The molecule has 1 aliphatic rings. The lowest BCUT2D eigenvalue weighted by molar-refractivity contribution is -0.131. The summed E-state index contributed by atoms with van der Waals surface area (Å²) in [4.78, 5) is 26.7. The fourth-order valence-electron chi connectivity index (χ4n) is 3.33. The minimum Gasteiger partial charge on any atom is -0.342 e. The average molecular weight is 353 g/mol. The molecule has 0 fully saturated rings. The Balaban J connectivity index is 1.39. The van der Waals surface area contributed by atoms with Crippen molar-refractivity contribution in [1.82, 2.24) is 14.8 Å². The molecule has 0 aliphatic carbocycles. The summed E-state index contributed by atoms with van der Waals surface area (Å²) in [6.07, 6.45) is 0.865. The maximum atomic E-state index is 12.5. The van der Waals surface area contributed by atoms with Crippen LogP contribution in [0.4, 0.5) is 0 Å². The molecule has 0 bridgehead atoms. The average Bonchev–Trinajstić information content (AvgIpc) is 3.22. The monoisotopic (exact) mass is 353 g/mol. The summed E-state index contributed by atoms with van der Waals surface area (Å²) >= 11 is 1.60. The predicted octanol–water partition coefficient (Wildman–Crippen LogP) is 2.55. The Morgan fingerprint density at radius 2 is 2.00 bits per heavy atom. The van der Waals surface area contributed by atoms with Crippen molar-refractivity contribution >= 4 is 33.4 Å². The van der Waals surface area contributed by atoms with E-state index in [9.17, 15) is 9.59 Å². The molecule has 3 heterocycles. The second-order valence-corrected chi connectivity index (χ2v) is 7.22. The molecule has 25 heavy (non-hydrogen) atoms. The van der Waals surface area contributed by atoms with Crippen molar-refractivity contribution in [2.45, 2.75) is 13.0 Å². The molecule has 0 spiro atoms. The molecule has 1 aliphatic heterocycles. The number of nitrogens with one attached hydrogen (secondary N) is 1. The van der Waals surface area contributed by atoms with Gasteiger partial charge in [-0.25, -0.2) is 0 Å². The smallest absolute Gasteiger partial charge is 0.268 e. The van der Waals surface area contributed by atoms with Crippen molar-refractivity contribution in [1.29, 1.82) is 0 Å². The number of nitrogens with zero attached hydrogens (tertiary/aromatic N) is 2. The highest BCUT2D eigenvalue weighted by Crippen LogP contribution is 2.24. The zero-order chi connectivity index (χ0) is 17.4. The molecule has 0 radical (unpaired) electrons. The van der Waals surface area contributed by atoms with E-state index in [1.165, 1.54) is 11.1 Å². The van der Waals surface area contributed by atoms with Crippen LogP contribution >= 0.6 is 11.3 Å². The SMILES string of the molecule is Cn1c(C(=O)NCC(=O)N2CCc3ccccc3C2)cc2sccc21. The summed E-state index contributed by atoms with van der Waals surface area (Å²) in [5.74, 6) is -0.254. The standard InChI is InChI=1S/C19H19N3O2S/c1-21-15-7-9-25-17(15)10-16(21)19(24)20-11-18(23)22-8-6-13-4-2-3-5-14(13)12-22/h2-5,7,9-10H,6,8,11-12H2,1H3,(H,20,24). The second kappa shape index (κ2) is 6.37. The van der Waals surface area contributed by atoms with Crippen LogP contribution in [0.3, 0.4) is 0 Å². The molecular formula is C19H19N3O2S. The lowest BCUT2D eigenvalue weighted by Gasteiger charge is -2.29. The number of aromatic nitrogens is 1. The molecule has 5 nitrogen and oxygen atoms in total. The van der Waals surface area contributed by atoms with Crippen LogP contribution in [0.2, 0.25) is 0 Å². The zero-order valence-electron chi connectivity index (χ0n) is 14.0. The Labute approximate surface area is 149 Å². The maximum absolute atomic E-state index is 12.5. The molecular weight excluding hydrogens is 334 g/mol.